The molecule has 2 heteroatoms. The molecule has 1 nitrogen and oxygen atoms in total. The summed E-state index contributed by atoms with van der Waals surface area (Å²) in [6, 6.07) is 0.337. The van der Waals surface area contributed by atoms with Crippen LogP contribution in [0.4, 0.5) is 0 Å². The van der Waals surface area contributed by atoms with Crippen LogP contribution in [-0.4, -0.2) is 11.2 Å². The van der Waals surface area contributed by atoms with Crippen molar-refractivity contribution in [2.24, 2.45) is 28.2 Å². The van der Waals surface area contributed by atoms with E-state index in [1.165, 1.54) is 37.7 Å². The summed E-state index contributed by atoms with van der Waals surface area (Å²) in [6.07, 6.45) is 6.50. The summed E-state index contributed by atoms with van der Waals surface area (Å²) < 4.78 is 0. The van der Waals surface area contributed by atoms with E-state index in [1.807, 2.05) is 0 Å². The number of thiocarbonyl (C=S) groups is 1. The fraction of sp³-hybridized carbons (Fsp3) is 0.812. The minimum absolute atomic E-state index is 0.337. The zero-order valence-corrected chi connectivity index (χ0v) is 12.7. The van der Waals surface area contributed by atoms with Gasteiger partial charge in [-0.3, -0.25) is 0 Å². The van der Waals surface area contributed by atoms with Crippen molar-refractivity contribution in [1.82, 2.24) is 0 Å². The molecule has 2 fully saturated rings. The molecule has 0 N–H and O–H groups in total. The lowest BCUT2D eigenvalue weighted by Crippen LogP contribution is -2.36. The molecule has 0 aromatic rings. The highest BCUT2D eigenvalue weighted by molar-refractivity contribution is 7.78. The first-order valence-corrected chi connectivity index (χ1v) is 7.65. The van der Waals surface area contributed by atoms with Gasteiger partial charge in [0.15, 0.2) is 0 Å². The van der Waals surface area contributed by atoms with Crippen LogP contribution in [0.2, 0.25) is 0 Å². The SMILES string of the molecule is C=C1CCC[C@]2(C)CC[C@@H]([C@@H](N=C=S)C(C)C)[C@H]12. The lowest BCUT2D eigenvalue weighted by Gasteiger charge is -2.42. The molecule has 2 saturated carbocycles. The van der Waals surface area contributed by atoms with Crippen molar-refractivity contribution in [3.8, 4) is 0 Å². The normalized spacial score (nSPS) is 37.2. The first-order valence-electron chi connectivity index (χ1n) is 7.24. The molecule has 0 amide bonds. The molecule has 0 aliphatic heterocycles. The van der Waals surface area contributed by atoms with Gasteiger partial charge in [-0.2, -0.15) is 0 Å². The van der Waals surface area contributed by atoms with E-state index in [-0.39, 0.29) is 0 Å². The van der Waals surface area contributed by atoms with E-state index in [9.17, 15) is 0 Å². The van der Waals surface area contributed by atoms with E-state index >= 15 is 0 Å². The maximum absolute atomic E-state index is 4.85. The van der Waals surface area contributed by atoms with Crippen LogP contribution in [-0.2, 0) is 0 Å². The van der Waals surface area contributed by atoms with E-state index in [0.29, 0.717) is 29.2 Å². The maximum Gasteiger partial charge on any atom is 0.0659 e. The first kappa shape index (κ1) is 14.0. The zero-order chi connectivity index (χ0) is 13.3. The minimum atomic E-state index is 0.337. The zero-order valence-electron chi connectivity index (χ0n) is 11.9. The number of nitrogens with zero attached hydrogens (tertiary/aromatic N) is 1. The topological polar surface area (TPSA) is 12.4 Å². The Morgan fingerprint density at radius 2 is 2.17 bits per heavy atom. The second kappa shape index (κ2) is 5.27. The third kappa shape index (κ3) is 2.33. The average molecular weight is 263 g/mol. The Kier molecular flexibility index (Phi) is 4.08. The second-order valence-electron chi connectivity index (χ2n) is 6.80. The summed E-state index contributed by atoms with van der Waals surface area (Å²) in [6.45, 7) is 11.3. The van der Waals surface area contributed by atoms with Gasteiger partial charge in [0.2, 0.25) is 0 Å². The molecule has 0 heterocycles. The second-order valence-corrected chi connectivity index (χ2v) is 6.98. The molecule has 0 spiro atoms. The van der Waals surface area contributed by atoms with Crippen LogP contribution in [0.1, 0.15) is 52.9 Å². The van der Waals surface area contributed by atoms with E-state index in [2.05, 4.69) is 37.5 Å². The lowest BCUT2D eigenvalue weighted by molar-refractivity contribution is 0.156. The number of rotatable bonds is 3. The molecule has 4 atom stereocenters. The average Bonchev–Trinajstić information content (AvgIpc) is 2.64. The Morgan fingerprint density at radius 1 is 1.44 bits per heavy atom. The van der Waals surface area contributed by atoms with Gasteiger partial charge in [0.1, 0.15) is 0 Å². The highest BCUT2D eigenvalue weighted by Crippen LogP contribution is 2.58. The summed E-state index contributed by atoms with van der Waals surface area (Å²) in [5, 5.41) is 2.63. The fourth-order valence-electron chi connectivity index (χ4n) is 4.45. The van der Waals surface area contributed by atoms with Crippen LogP contribution < -0.4 is 0 Å². The number of hydrogen-bond acceptors (Lipinski definition) is 2. The van der Waals surface area contributed by atoms with Crippen LogP contribution in [0.25, 0.3) is 0 Å². The Balaban J connectivity index is 2.29. The summed E-state index contributed by atoms with van der Waals surface area (Å²) in [7, 11) is 0. The van der Waals surface area contributed by atoms with Crippen molar-refractivity contribution in [3.63, 3.8) is 0 Å². The van der Waals surface area contributed by atoms with Gasteiger partial charge in [-0.15, -0.1) is 0 Å². The van der Waals surface area contributed by atoms with E-state index in [0.717, 1.165) is 0 Å². The monoisotopic (exact) mass is 263 g/mol. The van der Waals surface area contributed by atoms with Crippen molar-refractivity contribution >= 4 is 17.4 Å². The van der Waals surface area contributed by atoms with Gasteiger partial charge in [-0.25, -0.2) is 4.99 Å². The predicted molar refractivity (Wildman–Crippen MR) is 81.0 cm³/mol. The molecule has 2 aliphatic carbocycles. The number of isothiocyanates is 1. The van der Waals surface area contributed by atoms with E-state index < -0.39 is 0 Å². The van der Waals surface area contributed by atoms with Gasteiger partial charge in [-0.1, -0.05) is 32.9 Å². The van der Waals surface area contributed by atoms with Gasteiger partial charge in [0.25, 0.3) is 0 Å². The van der Waals surface area contributed by atoms with Crippen LogP contribution in [0.3, 0.4) is 0 Å². The quantitative estimate of drug-likeness (QED) is 0.401. The molecular weight excluding hydrogens is 238 g/mol. The highest BCUT2D eigenvalue weighted by atomic mass is 32.1. The molecule has 0 radical (unpaired) electrons. The van der Waals surface area contributed by atoms with E-state index in [4.69, 9.17) is 12.2 Å². The smallest absolute Gasteiger partial charge is 0.0659 e. The molecule has 0 bridgehead atoms. The standard InChI is InChI=1S/C16H25NS/c1-11(2)15(17-10-18)13-7-9-16(4)8-5-6-12(3)14(13)16/h11,13-15H,3,5-9H2,1-2,4H3/t13-,14+,15+,16-/m1/s1. The largest absolute Gasteiger partial charge is 0.229 e. The van der Waals surface area contributed by atoms with Crippen LogP contribution in [0.5, 0.6) is 0 Å². The third-order valence-corrected chi connectivity index (χ3v) is 5.34. The van der Waals surface area contributed by atoms with Gasteiger partial charge < -0.3 is 0 Å². The predicted octanol–water partition coefficient (Wildman–Crippen LogP) is 4.89. The van der Waals surface area contributed by atoms with Crippen LogP contribution in [0.15, 0.2) is 17.1 Å². The van der Waals surface area contributed by atoms with Crippen molar-refractivity contribution in [2.75, 3.05) is 0 Å². The Labute approximate surface area is 117 Å². The minimum Gasteiger partial charge on any atom is -0.229 e. The number of aliphatic imine (C=N–C) groups is 1. The molecule has 0 aromatic carbocycles. The molecule has 2 aliphatic rings. The van der Waals surface area contributed by atoms with Crippen molar-refractivity contribution in [1.29, 1.82) is 0 Å². The molecule has 2 rings (SSSR count). The first-order chi connectivity index (χ1) is 8.49. The van der Waals surface area contributed by atoms with Gasteiger partial charge in [0, 0.05) is 0 Å². The Bertz CT molecular complexity index is 381. The van der Waals surface area contributed by atoms with Crippen molar-refractivity contribution in [3.05, 3.63) is 12.2 Å². The maximum atomic E-state index is 4.85. The summed E-state index contributed by atoms with van der Waals surface area (Å²) in [5.41, 5.74) is 1.95. The number of allylic oxidation sites excluding steroid dienone is 1. The summed E-state index contributed by atoms with van der Waals surface area (Å²) in [5.74, 6) is 1.84. The molecule has 0 saturated heterocycles. The number of fused-ring (bicyclic) bond motifs is 1. The summed E-state index contributed by atoms with van der Waals surface area (Å²) >= 11 is 4.85. The molecular formula is C16H25NS. The number of hydrogen-bond donors (Lipinski definition) is 0. The summed E-state index contributed by atoms with van der Waals surface area (Å²) in [4.78, 5) is 4.49. The molecule has 0 aromatic heterocycles. The fourth-order valence-corrected chi connectivity index (χ4v) is 4.58. The van der Waals surface area contributed by atoms with E-state index in [1.54, 1.807) is 0 Å². The molecule has 0 unspecified atom stereocenters. The van der Waals surface area contributed by atoms with Crippen LogP contribution in [0, 0.1) is 23.2 Å². The van der Waals surface area contributed by atoms with Gasteiger partial charge in [-0.05, 0) is 67.5 Å². The Morgan fingerprint density at radius 3 is 2.78 bits per heavy atom. The van der Waals surface area contributed by atoms with Crippen molar-refractivity contribution < 1.29 is 0 Å². The molecule has 100 valence electrons. The van der Waals surface area contributed by atoms with Gasteiger partial charge in [0.05, 0.1) is 11.2 Å². The van der Waals surface area contributed by atoms with Crippen LogP contribution >= 0.6 is 12.2 Å². The Hall–Kier alpha value is -0.460. The van der Waals surface area contributed by atoms with Crippen molar-refractivity contribution in [2.45, 2.75) is 58.9 Å². The highest BCUT2D eigenvalue weighted by Gasteiger charge is 2.50. The van der Waals surface area contributed by atoms with Gasteiger partial charge >= 0.3 is 0 Å². The third-order valence-electron chi connectivity index (χ3n) is 5.24. The lowest BCUT2D eigenvalue weighted by atomic mass is 9.64. The molecule has 18 heavy (non-hydrogen) atoms.